The van der Waals surface area contributed by atoms with Crippen molar-refractivity contribution in [2.45, 2.75) is 26.7 Å². The molecule has 1 aliphatic heterocycles. The second-order valence-electron chi connectivity index (χ2n) is 6.96. The first kappa shape index (κ1) is 17.3. The molecule has 1 atom stereocenters. The number of fused-ring (bicyclic) bond motifs is 1. The SMILES string of the molecule is CC(C)CNC(=O)N1CCC[C@H](C(=O)Nc2cccc3[nH]cnc23)C1. The summed E-state index contributed by atoms with van der Waals surface area (Å²) < 4.78 is 0. The van der Waals surface area contributed by atoms with Crippen molar-refractivity contribution in [2.75, 3.05) is 25.0 Å². The number of nitrogens with zero attached hydrogens (tertiary/aromatic N) is 2. The summed E-state index contributed by atoms with van der Waals surface area (Å²) >= 11 is 0. The van der Waals surface area contributed by atoms with E-state index in [-0.39, 0.29) is 17.9 Å². The van der Waals surface area contributed by atoms with Crippen molar-refractivity contribution in [3.05, 3.63) is 24.5 Å². The smallest absolute Gasteiger partial charge is 0.317 e. The Labute approximate surface area is 147 Å². The predicted octanol–water partition coefficient (Wildman–Crippen LogP) is 2.58. The van der Waals surface area contributed by atoms with Gasteiger partial charge in [-0.1, -0.05) is 19.9 Å². The number of amides is 3. The van der Waals surface area contributed by atoms with Gasteiger partial charge in [-0.15, -0.1) is 0 Å². The lowest BCUT2D eigenvalue weighted by molar-refractivity contribution is -0.121. The van der Waals surface area contributed by atoms with Crippen molar-refractivity contribution >= 4 is 28.7 Å². The highest BCUT2D eigenvalue weighted by atomic mass is 16.2. The lowest BCUT2D eigenvalue weighted by Crippen LogP contribution is -2.48. The van der Waals surface area contributed by atoms with E-state index in [0.717, 1.165) is 23.9 Å². The Hall–Kier alpha value is -2.57. The summed E-state index contributed by atoms with van der Waals surface area (Å²) in [5, 5.41) is 5.89. The van der Waals surface area contributed by atoms with Crippen LogP contribution >= 0.6 is 0 Å². The van der Waals surface area contributed by atoms with Gasteiger partial charge in [-0.2, -0.15) is 0 Å². The fourth-order valence-corrected chi connectivity index (χ4v) is 3.08. The third kappa shape index (κ3) is 4.10. The van der Waals surface area contributed by atoms with Crippen LogP contribution in [-0.4, -0.2) is 46.4 Å². The average molecular weight is 343 g/mol. The van der Waals surface area contributed by atoms with E-state index in [1.165, 1.54) is 0 Å². The molecule has 1 fully saturated rings. The van der Waals surface area contributed by atoms with Gasteiger partial charge >= 0.3 is 6.03 Å². The van der Waals surface area contributed by atoms with Gasteiger partial charge in [0.1, 0.15) is 5.52 Å². The maximum atomic E-state index is 12.7. The highest BCUT2D eigenvalue weighted by Crippen LogP contribution is 2.23. The van der Waals surface area contributed by atoms with Gasteiger partial charge < -0.3 is 20.5 Å². The van der Waals surface area contributed by atoms with Crippen molar-refractivity contribution < 1.29 is 9.59 Å². The van der Waals surface area contributed by atoms with E-state index in [2.05, 4.69) is 34.4 Å². The molecule has 3 N–H and O–H groups in total. The molecule has 0 unspecified atom stereocenters. The van der Waals surface area contributed by atoms with Crippen molar-refractivity contribution in [1.82, 2.24) is 20.2 Å². The molecule has 2 heterocycles. The van der Waals surface area contributed by atoms with E-state index in [1.807, 2.05) is 18.2 Å². The molecule has 0 aliphatic carbocycles. The molecule has 1 aliphatic rings. The number of hydrogen-bond donors (Lipinski definition) is 3. The standard InChI is InChI=1S/C18H25N5O2/c1-12(2)9-19-18(25)23-8-4-5-13(10-23)17(24)22-15-7-3-6-14-16(15)21-11-20-14/h3,6-7,11-13H,4-5,8-10H2,1-2H3,(H,19,25)(H,20,21)(H,22,24)/t13-/m0/s1. The van der Waals surface area contributed by atoms with Crippen LogP contribution in [0.4, 0.5) is 10.5 Å². The number of imidazole rings is 1. The van der Waals surface area contributed by atoms with Crippen LogP contribution < -0.4 is 10.6 Å². The molecule has 134 valence electrons. The maximum absolute atomic E-state index is 12.7. The molecule has 0 saturated carbocycles. The summed E-state index contributed by atoms with van der Waals surface area (Å²) in [6.45, 7) is 5.91. The molecule has 2 aromatic rings. The molecule has 0 radical (unpaired) electrons. The first-order chi connectivity index (χ1) is 12.0. The minimum absolute atomic E-state index is 0.0585. The largest absolute Gasteiger partial charge is 0.345 e. The molecule has 25 heavy (non-hydrogen) atoms. The van der Waals surface area contributed by atoms with Crippen LogP contribution in [0.5, 0.6) is 0 Å². The van der Waals surface area contributed by atoms with Gasteiger partial charge in [0.15, 0.2) is 0 Å². The van der Waals surface area contributed by atoms with Gasteiger partial charge in [-0.3, -0.25) is 4.79 Å². The second kappa shape index (κ2) is 7.55. The van der Waals surface area contributed by atoms with Gasteiger partial charge in [-0.05, 0) is 30.9 Å². The number of benzene rings is 1. The normalized spacial score (nSPS) is 17.7. The lowest BCUT2D eigenvalue weighted by atomic mass is 9.97. The van der Waals surface area contributed by atoms with Crippen molar-refractivity contribution in [1.29, 1.82) is 0 Å². The Morgan fingerprint density at radius 3 is 3.04 bits per heavy atom. The topological polar surface area (TPSA) is 90.1 Å². The Morgan fingerprint density at radius 1 is 1.40 bits per heavy atom. The molecular weight excluding hydrogens is 318 g/mol. The van der Waals surface area contributed by atoms with Crippen molar-refractivity contribution in [3.63, 3.8) is 0 Å². The Bertz CT molecular complexity index is 755. The van der Waals surface area contributed by atoms with Crippen molar-refractivity contribution in [3.8, 4) is 0 Å². The van der Waals surface area contributed by atoms with Crippen LogP contribution in [0.2, 0.25) is 0 Å². The molecule has 1 aromatic heterocycles. The number of hydrogen-bond acceptors (Lipinski definition) is 3. The van der Waals surface area contributed by atoms with E-state index in [9.17, 15) is 9.59 Å². The zero-order valence-corrected chi connectivity index (χ0v) is 14.7. The van der Waals surface area contributed by atoms with E-state index < -0.39 is 0 Å². The summed E-state index contributed by atoms with van der Waals surface area (Å²) in [6, 6.07) is 5.56. The van der Waals surface area contributed by atoms with Crippen LogP contribution in [0.25, 0.3) is 11.0 Å². The third-order valence-corrected chi connectivity index (χ3v) is 4.45. The number of H-pyrrole nitrogens is 1. The van der Waals surface area contributed by atoms with Crippen LogP contribution in [0, 0.1) is 11.8 Å². The Kier molecular flexibility index (Phi) is 5.21. The van der Waals surface area contributed by atoms with Gasteiger partial charge in [0.25, 0.3) is 0 Å². The van der Waals surface area contributed by atoms with Crippen LogP contribution in [-0.2, 0) is 4.79 Å². The number of urea groups is 1. The molecule has 0 bridgehead atoms. The molecular formula is C18H25N5O2. The van der Waals surface area contributed by atoms with Gasteiger partial charge in [0.2, 0.25) is 5.91 Å². The number of piperidine rings is 1. The quantitative estimate of drug-likeness (QED) is 0.797. The van der Waals surface area contributed by atoms with E-state index in [0.29, 0.717) is 31.2 Å². The fourth-order valence-electron chi connectivity index (χ4n) is 3.08. The lowest BCUT2D eigenvalue weighted by Gasteiger charge is -2.32. The molecule has 3 amide bonds. The highest BCUT2D eigenvalue weighted by molar-refractivity contribution is 6.00. The number of likely N-dealkylation sites (tertiary alicyclic amines) is 1. The van der Waals surface area contributed by atoms with E-state index >= 15 is 0 Å². The van der Waals surface area contributed by atoms with E-state index in [1.54, 1.807) is 11.2 Å². The minimum atomic E-state index is -0.201. The first-order valence-corrected chi connectivity index (χ1v) is 8.80. The number of aromatic amines is 1. The number of rotatable bonds is 4. The zero-order valence-electron chi connectivity index (χ0n) is 14.7. The fraction of sp³-hybridized carbons (Fsp3) is 0.500. The first-order valence-electron chi connectivity index (χ1n) is 8.80. The van der Waals surface area contributed by atoms with Crippen LogP contribution in [0.1, 0.15) is 26.7 Å². The number of nitrogens with one attached hydrogen (secondary N) is 3. The monoisotopic (exact) mass is 343 g/mol. The second-order valence-corrected chi connectivity index (χ2v) is 6.96. The third-order valence-electron chi connectivity index (χ3n) is 4.45. The number of carbonyl (C=O) groups is 2. The van der Waals surface area contributed by atoms with Crippen molar-refractivity contribution in [2.24, 2.45) is 11.8 Å². The molecule has 1 saturated heterocycles. The summed E-state index contributed by atoms with van der Waals surface area (Å²) in [6.07, 6.45) is 3.23. The molecule has 7 nitrogen and oxygen atoms in total. The average Bonchev–Trinajstić information content (AvgIpc) is 3.09. The number of para-hydroxylation sites is 1. The Balaban J connectivity index is 1.62. The molecule has 0 spiro atoms. The molecule has 3 rings (SSSR count). The number of aromatic nitrogens is 2. The molecule has 1 aromatic carbocycles. The maximum Gasteiger partial charge on any atom is 0.317 e. The Morgan fingerprint density at radius 2 is 2.24 bits per heavy atom. The van der Waals surface area contributed by atoms with Crippen LogP contribution in [0.15, 0.2) is 24.5 Å². The summed E-state index contributed by atoms with van der Waals surface area (Å²) in [4.78, 5) is 33.9. The summed E-state index contributed by atoms with van der Waals surface area (Å²) in [5.74, 6) is 0.145. The zero-order chi connectivity index (χ0) is 17.8. The van der Waals surface area contributed by atoms with Gasteiger partial charge in [-0.25, -0.2) is 9.78 Å². The van der Waals surface area contributed by atoms with Gasteiger partial charge in [0.05, 0.1) is 23.4 Å². The summed E-state index contributed by atoms with van der Waals surface area (Å²) in [7, 11) is 0. The predicted molar refractivity (Wildman–Crippen MR) is 97.3 cm³/mol. The molecule has 7 heteroatoms. The van der Waals surface area contributed by atoms with E-state index in [4.69, 9.17) is 0 Å². The summed E-state index contributed by atoms with van der Waals surface area (Å²) in [5.41, 5.74) is 2.33. The van der Waals surface area contributed by atoms with Crippen LogP contribution in [0.3, 0.4) is 0 Å². The number of carbonyl (C=O) groups excluding carboxylic acids is 2. The highest BCUT2D eigenvalue weighted by Gasteiger charge is 2.28. The number of anilines is 1. The minimum Gasteiger partial charge on any atom is -0.345 e. The van der Waals surface area contributed by atoms with Gasteiger partial charge in [0, 0.05) is 19.6 Å².